The first kappa shape index (κ1) is 13.1. The van der Waals surface area contributed by atoms with Gasteiger partial charge in [0.1, 0.15) is 0 Å². The van der Waals surface area contributed by atoms with Gasteiger partial charge in [0, 0.05) is 12.2 Å². The number of carbonyl (C=O) groups is 1. The lowest BCUT2D eigenvalue weighted by Crippen LogP contribution is -2.13. The van der Waals surface area contributed by atoms with Crippen molar-refractivity contribution < 1.29 is 4.79 Å². The zero-order chi connectivity index (χ0) is 14.0. The monoisotopic (exact) mass is 254 g/mol. The van der Waals surface area contributed by atoms with E-state index in [0.717, 1.165) is 22.5 Å². The van der Waals surface area contributed by atoms with Crippen molar-refractivity contribution in [3.63, 3.8) is 0 Å². The standard InChI is InChI=1S/C16H18N2O/c1-4-10-18-12(3)14(16(17)19)11(2)15(18)13-8-6-5-7-9-13/h4-9H,1,10H2,2-3H3,(H2,17,19). The van der Waals surface area contributed by atoms with E-state index in [4.69, 9.17) is 5.73 Å². The molecular weight excluding hydrogens is 236 g/mol. The highest BCUT2D eigenvalue weighted by Crippen LogP contribution is 2.30. The number of nitrogens with two attached hydrogens (primary N) is 1. The molecule has 2 rings (SSSR count). The van der Waals surface area contributed by atoms with Gasteiger partial charge in [-0.25, -0.2) is 0 Å². The van der Waals surface area contributed by atoms with E-state index in [1.807, 2.05) is 50.3 Å². The molecule has 0 aliphatic rings. The largest absolute Gasteiger partial charge is 0.366 e. The van der Waals surface area contributed by atoms with Gasteiger partial charge in [0.15, 0.2) is 0 Å². The molecule has 98 valence electrons. The lowest BCUT2D eigenvalue weighted by molar-refractivity contribution is 0.0999. The molecule has 2 aromatic rings. The Hall–Kier alpha value is -2.29. The van der Waals surface area contributed by atoms with Crippen molar-refractivity contribution in [1.82, 2.24) is 4.57 Å². The summed E-state index contributed by atoms with van der Waals surface area (Å²) in [6.45, 7) is 8.29. The highest BCUT2D eigenvalue weighted by atomic mass is 16.1. The molecule has 1 aromatic carbocycles. The van der Waals surface area contributed by atoms with E-state index in [1.54, 1.807) is 0 Å². The molecule has 0 unspecified atom stereocenters. The van der Waals surface area contributed by atoms with Crippen LogP contribution in [0.4, 0.5) is 0 Å². The molecule has 0 aliphatic carbocycles. The molecule has 1 aromatic heterocycles. The SMILES string of the molecule is C=CCn1c(C)c(C(N)=O)c(C)c1-c1ccccc1. The quantitative estimate of drug-likeness (QED) is 0.837. The average Bonchev–Trinajstić information content (AvgIpc) is 2.63. The van der Waals surface area contributed by atoms with Crippen LogP contribution in [0.2, 0.25) is 0 Å². The highest BCUT2D eigenvalue weighted by Gasteiger charge is 2.20. The number of hydrogen-bond donors (Lipinski definition) is 1. The number of allylic oxidation sites excluding steroid dienone is 1. The van der Waals surface area contributed by atoms with E-state index in [2.05, 4.69) is 11.1 Å². The van der Waals surface area contributed by atoms with E-state index in [-0.39, 0.29) is 5.91 Å². The van der Waals surface area contributed by atoms with Crippen molar-refractivity contribution in [1.29, 1.82) is 0 Å². The second-order valence-electron chi connectivity index (χ2n) is 4.56. The summed E-state index contributed by atoms with van der Waals surface area (Å²) < 4.78 is 2.08. The zero-order valence-corrected chi connectivity index (χ0v) is 11.3. The minimum absolute atomic E-state index is 0.380. The summed E-state index contributed by atoms with van der Waals surface area (Å²) in [5.74, 6) is -0.380. The molecule has 1 heterocycles. The van der Waals surface area contributed by atoms with Gasteiger partial charge in [-0.2, -0.15) is 0 Å². The van der Waals surface area contributed by atoms with Gasteiger partial charge in [0.25, 0.3) is 5.91 Å². The molecule has 0 fully saturated rings. The number of rotatable bonds is 4. The molecule has 2 N–H and O–H groups in total. The van der Waals surface area contributed by atoms with Gasteiger partial charge in [-0.3, -0.25) is 4.79 Å². The van der Waals surface area contributed by atoms with Crippen LogP contribution in [0.25, 0.3) is 11.3 Å². The predicted molar refractivity (Wildman–Crippen MR) is 78.1 cm³/mol. The third-order valence-electron chi connectivity index (χ3n) is 3.37. The molecule has 3 nitrogen and oxygen atoms in total. The normalized spacial score (nSPS) is 10.4. The first-order valence-corrected chi connectivity index (χ1v) is 6.23. The Morgan fingerprint density at radius 3 is 2.47 bits per heavy atom. The van der Waals surface area contributed by atoms with Crippen LogP contribution in [-0.4, -0.2) is 10.5 Å². The summed E-state index contributed by atoms with van der Waals surface area (Å²) in [5, 5.41) is 0. The van der Waals surface area contributed by atoms with E-state index < -0.39 is 0 Å². The predicted octanol–water partition coefficient (Wildman–Crippen LogP) is 3.06. The summed E-state index contributed by atoms with van der Waals surface area (Å²) >= 11 is 0. The van der Waals surface area contributed by atoms with E-state index in [0.29, 0.717) is 12.1 Å². The first-order chi connectivity index (χ1) is 9.07. The summed E-state index contributed by atoms with van der Waals surface area (Å²) in [6.07, 6.45) is 1.82. The van der Waals surface area contributed by atoms with Crippen molar-refractivity contribution in [2.75, 3.05) is 0 Å². The highest BCUT2D eigenvalue weighted by molar-refractivity contribution is 5.97. The Kier molecular flexibility index (Phi) is 3.56. The van der Waals surface area contributed by atoms with E-state index in [1.165, 1.54) is 0 Å². The van der Waals surface area contributed by atoms with Gasteiger partial charge in [0.05, 0.1) is 11.3 Å². The van der Waals surface area contributed by atoms with E-state index >= 15 is 0 Å². The number of hydrogen-bond acceptors (Lipinski definition) is 1. The second-order valence-corrected chi connectivity index (χ2v) is 4.56. The Morgan fingerprint density at radius 1 is 1.32 bits per heavy atom. The van der Waals surface area contributed by atoms with Gasteiger partial charge in [-0.05, 0) is 25.0 Å². The summed E-state index contributed by atoms with van der Waals surface area (Å²) in [4.78, 5) is 11.6. The van der Waals surface area contributed by atoms with Gasteiger partial charge >= 0.3 is 0 Å². The van der Waals surface area contributed by atoms with Crippen molar-refractivity contribution in [2.45, 2.75) is 20.4 Å². The summed E-state index contributed by atoms with van der Waals surface area (Å²) in [7, 11) is 0. The number of benzene rings is 1. The molecule has 0 aliphatic heterocycles. The molecule has 0 atom stereocenters. The van der Waals surface area contributed by atoms with Gasteiger partial charge in [0.2, 0.25) is 0 Å². The van der Waals surface area contributed by atoms with Gasteiger partial charge in [-0.1, -0.05) is 36.4 Å². The molecule has 3 heteroatoms. The van der Waals surface area contributed by atoms with Gasteiger partial charge < -0.3 is 10.3 Å². The average molecular weight is 254 g/mol. The topological polar surface area (TPSA) is 48.0 Å². The zero-order valence-electron chi connectivity index (χ0n) is 11.3. The lowest BCUT2D eigenvalue weighted by Gasteiger charge is -2.10. The van der Waals surface area contributed by atoms with Crippen LogP contribution in [0.5, 0.6) is 0 Å². The van der Waals surface area contributed by atoms with Crippen LogP contribution in [0, 0.1) is 13.8 Å². The number of aromatic nitrogens is 1. The lowest BCUT2D eigenvalue weighted by atomic mass is 10.1. The van der Waals surface area contributed by atoms with Crippen LogP contribution >= 0.6 is 0 Å². The molecule has 0 radical (unpaired) electrons. The Labute approximate surface area is 113 Å². The van der Waals surface area contributed by atoms with Crippen molar-refractivity contribution >= 4 is 5.91 Å². The molecule has 0 saturated heterocycles. The molecule has 0 bridgehead atoms. The minimum atomic E-state index is -0.380. The third kappa shape index (κ3) is 2.19. The Bertz CT molecular complexity index is 624. The fourth-order valence-corrected chi connectivity index (χ4v) is 2.58. The second kappa shape index (κ2) is 5.14. The summed E-state index contributed by atoms with van der Waals surface area (Å²) in [5.41, 5.74) is 10.0. The first-order valence-electron chi connectivity index (χ1n) is 6.23. The molecular formula is C16H18N2O. The van der Waals surface area contributed by atoms with Crippen molar-refractivity contribution in [3.05, 3.63) is 59.8 Å². The smallest absolute Gasteiger partial charge is 0.250 e. The van der Waals surface area contributed by atoms with Crippen LogP contribution in [-0.2, 0) is 6.54 Å². The fourth-order valence-electron chi connectivity index (χ4n) is 2.58. The third-order valence-corrected chi connectivity index (χ3v) is 3.37. The number of primary amides is 1. The number of amides is 1. The van der Waals surface area contributed by atoms with Crippen molar-refractivity contribution in [3.8, 4) is 11.3 Å². The maximum atomic E-state index is 11.6. The maximum absolute atomic E-state index is 11.6. The van der Waals surface area contributed by atoms with Crippen LogP contribution in [0.3, 0.4) is 0 Å². The Morgan fingerprint density at radius 2 is 1.95 bits per heavy atom. The van der Waals surface area contributed by atoms with Crippen molar-refractivity contribution in [2.24, 2.45) is 5.73 Å². The molecule has 19 heavy (non-hydrogen) atoms. The van der Waals surface area contributed by atoms with Gasteiger partial charge in [-0.15, -0.1) is 6.58 Å². The fraction of sp³-hybridized carbons (Fsp3) is 0.188. The molecule has 0 saturated carbocycles. The Balaban J connectivity index is 2.75. The summed E-state index contributed by atoms with van der Waals surface area (Å²) in [6, 6.07) is 10.0. The van der Waals surface area contributed by atoms with Crippen LogP contribution in [0.1, 0.15) is 21.6 Å². The van der Waals surface area contributed by atoms with E-state index in [9.17, 15) is 4.79 Å². The number of nitrogens with zero attached hydrogens (tertiary/aromatic N) is 1. The van der Waals surface area contributed by atoms with Crippen LogP contribution in [0.15, 0.2) is 43.0 Å². The minimum Gasteiger partial charge on any atom is -0.366 e. The molecule has 1 amide bonds. The van der Waals surface area contributed by atoms with Crippen LogP contribution < -0.4 is 5.73 Å². The number of carbonyl (C=O) groups excluding carboxylic acids is 1. The molecule has 0 spiro atoms. The maximum Gasteiger partial charge on any atom is 0.250 e.